The Morgan fingerprint density at radius 2 is 1.58 bits per heavy atom. The lowest BCUT2D eigenvalue weighted by atomic mass is 9.71. The summed E-state index contributed by atoms with van der Waals surface area (Å²) in [6, 6.07) is 7.70. The molecule has 1 rings (SSSR count). The van der Waals surface area contributed by atoms with Crippen LogP contribution in [0.1, 0.15) is 77.6 Å². The van der Waals surface area contributed by atoms with E-state index in [1.165, 1.54) is 12.1 Å². The number of carbonyl (C=O) groups excluding carboxylic acids is 1. The van der Waals surface area contributed by atoms with Crippen LogP contribution in [-0.4, -0.2) is 22.9 Å². The fourth-order valence-corrected chi connectivity index (χ4v) is 3.43. The van der Waals surface area contributed by atoms with Gasteiger partial charge in [-0.3, -0.25) is 4.79 Å². The molecule has 148 valence electrons. The van der Waals surface area contributed by atoms with Gasteiger partial charge in [-0.15, -0.1) is 0 Å². The molecule has 2 unspecified atom stereocenters. The maximum atomic E-state index is 14.3. The second-order valence-corrected chi connectivity index (χ2v) is 9.60. The molecule has 0 aliphatic heterocycles. The van der Waals surface area contributed by atoms with E-state index in [1.54, 1.807) is 18.2 Å². The molecule has 0 aliphatic rings. The molecule has 2 atom stereocenters. The van der Waals surface area contributed by atoms with Gasteiger partial charge in [0, 0.05) is 12.0 Å². The molecule has 1 aromatic carbocycles. The highest BCUT2D eigenvalue weighted by molar-refractivity contribution is 6.01. The number of alkyl halides is 2. The van der Waals surface area contributed by atoms with E-state index in [1.807, 2.05) is 20.8 Å². The van der Waals surface area contributed by atoms with Crippen molar-refractivity contribution in [3.05, 3.63) is 35.9 Å². The van der Waals surface area contributed by atoms with Crippen molar-refractivity contribution < 1.29 is 18.7 Å². The molecule has 0 saturated heterocycles. The summed E-state index contributed by atoms with van der Waals surface area (Å²) in [5.41, 5.74) is -0.183. The van der Waals surface area contributed by atoms with Crippen molar-refractivity contribution in [2.45, 2.75) is 79.3 Å². The molecule has 0 spiro atoms. The van der Waals surface area contributed by atoms with Crippen LogP contribution in [0, 0.1) is 16.7 Å². The average Bonchev–Trinajstić information content (AvgIpc) is 2.48. The second kappa shape index (κ2) is 8.60. The molecule has 2 nitrogen and oxygen atoms in total. The molecule has 0 amide bonds. The van der Waals surface area contributed by atoms with Gasteiger partial charge in [0.2, 0.25) is 5.78 Å². The highest BCUT2D eigenvalue weighted by atomic mass is 19.3. The third-order valence-electron chi connectivity index (χ3n) is 4.77. The van der Waals surface area contributed by atoms with Crippen LogP contribution in [0.25, 0.3) is 0 Å². The van der Waals surface area contributed by atoms with Gasteiger partial charge in [0.15, 0.2) is 0 Å². The lowest BCUT2D eigenvalue weighted by Crippen LogP contribution is -2.35. The molecule has 4 heteroatoms. The summed E-state index contributed by atoms with van der Waals surface area (Å²) in [5.74, 6) is -4.59. The van der Waals surface area contributed by atoms with Crippen molar-refractivity contribution in [2.75, 3.05) is 0 Å². The summed E-state index contributed by atoms with van der Waals surface area (Å²) >= 11 is 0. The molecular weight excluding hydrogens is 334 g/mol. The van der Waals surface area contributed by atoms with Crippen LogP contribution in [0.2, 0.25) is 0 Å². The molecule has 0 bridgehead atoms. The zero-order valence-electron chi connectivity index (χ0n) is 17.0. The van der Waals surface area contributed by atoms with Crippen molar-refractivity contribution in [3.8, 4) is 0 Å². The molecule has 0 aliphatic carbocycles. The Kier molecular flexibility index (Phi) is 7.52. The quantitative estimate of drug-likeness (QED) is 0.560. The Labute approximate surface area is 157 Å². The van der Waals surface area contributed by atoms with Gasteiger partial charge >= 0.3 is 5.92 Å². The number of aliphatic hydroxyl groups is 1. The van der Waals surface area contributed by atoms with E-state index in [9.17, 15) is 18.7 Å². The van der Waals surface area contributed by atoms with E-state index in [-0.39, 0.29) is 28.7 Å². The summed E-state index contributed by atoms with van der Waals surface area (Å²) in [7, 11) is 0. The second-order valence-electron chi connectivity index (χ2n) is 9.60. The van der Waals surface area contributed by atoms with Crippen LogP contribution in [0.15, 0.2) is 30.3 Å². The van der Waals surface area contributed by atoms with Gasteiger partial charge in [-0.2, -0.15) is 8.78 Å². The van der Waals surface area contributed by atoms with Gasteiger partial charge in [-0.25, -0.2) is 0 Å². The zero-order chi connectivity index (χ0) is 20.2. The minimum absolute atomic E-state index is 0.0316. The molecule has 1 aromatic rings. The monoisotopic (exact) mass is 368 g/mol. The van der Waals surface area contributed by atoms with Crippen molar-refractivity contribution in [2.24, 2.45) is 16.7 Å². The highest BCUT2D eigenvalue weighted by Gasteiger charge is 2.40. The van der Waals surface area contributed by atoms with Crippen molar-refractivity contribution in [3.63, 3.8) is 0 Å². The summed E-state index contributed by atoms with van der Waals surface area (Å²) < 4.78 is 28.6. The van der Waals surface area contributed by atoms with E-state index in [0.29, 0.717) is 12.8 Å². The largest absolute Gasteiger partial charge is 0.393 e. The van der Waals surface area contributed by atoms with Crippen molar-refractivity contribution >= 4 is 5.78 Å². The number of hydrogen-bond donors (Lipinski definition) is 1. The van der Waals surface area contributed by atoms with E-state index in [0.717, 1.165) is 0 Å². The molecule has 0 saturated carbocycles. The van der Waals surface area contributed by atoms with Gasteiger partial charge in [0.1, 0.15) is 0 Å². The number of carbonyl (C=O) groups is 1. The van der Waals surface area contributed by atoms with Crippen molar-refractivity contribution in [1.29, 1.82) is 0 Å². The number of hydrogen-bond acceptors (Lipinski definition) is 2. The molecule has 1 N–H and O–H groups in total. The third kappa shape index (κ3) is 7.14. The van der Waals surface area contributed by atoms with E-state index < -0.39 is 24.2 Å². The Balaban J connectivity index is 2.73. The zero-order valence-corrected chi connectivity index (χ0v) is 17.0. The minimum atomic E-state index is -3.38. The van der Waals surface area contributed by atoms with Crippen molar-refractivity contribution in [1.82, 2.24) is 0 Å². The molecule has 0 fully saturated rings. The van der Waals surface area contributed by atoms with Crippen LogP contribution < -0.4 is 0 Å². The van der Waals surface area contributed by atoms with Gasteiger partial charge in [-0.1, -0.05) is 71.9 Å². The summed E-state index contributed by atoms with van der Waals surface area (Å²) in [6.07, 6.45) is 0.255. The summed E-state index contributed by atoms with van der Waals surface area (Å²) in [6.45, 7) is 12.2. The van der Waals surface area contributed by atoms with Gasteiger partial charge in [0.25, 0.3) is 0 Å². The van der Waals surface area contributed by atoms with Crippen LogP contribution in [0.4, 0.5) is 8.78 Å². The Morgan fingerprint density at radius 3 is 2.04 bits per heavy atom. The summed E-state index contributed by atoms with van der Waals surface area (Å²) in [5, 5.41) is 10.6. The standard InChI is InChI=1S/C22H34F2O2/c1-20(2,3)15-18(25)17(21(4,5)6)13-10-14-22(23,24)19(26)16-11-8-7-9-12-16/h7-9,11-12,17-18,25H,10,13-15H2,1-6H3. The molecular formula is C22H34F2O2. The summed E-state index contributed by atoms with van der Waals surface area (Å²) in [4.78, 5) is 12.1. The first-order chi connectivity index (χ1) is 11.7. The van der Waals surface area contributed by atoms with Crippen LogP contribution in [-0.2, 0) is 0 Å². The first-order valence-electron chi connectivity index (χ1n) is 9.40. The maximum absolute atomic E-state index is 14.3. The molecule has 0 aromatic heterocycles. The topological polar surface area (TPSA) is 37.3 Å². The third-order valence-corrected chi connectivity index (χ3v) is 4.77. The number of benzene rings is 1. The number of rotatable bonds is 8. The Bertz CT molecular complexity index is 568. The first kappa shape index (κ1) is 22.8. The normalized spacial score (nSPS) is 15.6. The average molecular weight is 369 g/mol. The lowest BCUT2D eigenvalue weighted by Gasteiger charge is -2.37. The molecule has 0 heterocycles. The number of Topliss-reactive ketones (excluding diaryl/α,β-unsaturated/α-hetero) is 1. The van der Waals surface area contributed by atoms with Gasteiger partial charge < -0.3 is 5.11 Å². The van der Waals surface area contributed by atoms with Crippen LogP contribution >= 0.6 is 0 Å². The van der Waals surface area contributed by atoms with Crippen LogP contribution in [0.5, 0.6) is 0 Å². The van der Waals surface area contributed by atoms with E-state index >= 15 is 0 Å². The number of halogens is 2. The first-order valence-corrected chi connectivity index (χ1v) is 9.40. The fourth-order valence-electron chi connectivity index (χ4n) is 3.43. The van der Waals surface area contributed by atoms with E-state index in [2.05, 4.69) is 20.8 Å². The lowest BCUT2D eigenvalue weighted by molar-refractivity contribution is -0.0104. The predicted octanol–water partition coefficient (Wildman–Crippen LogP) is 6.13. The number of ketones is 1. The minimum Gasteiger partial charge on any atom is -0.393 e. The molecule has 26 heavy (non-hydrogen) atoms. The molecule has 0 radical (unpaired) electrons. The smallest absolute Gasteiger partial charge is 0.309 e. The Hall–Kier alpha value is -1.29. The van der Waals surface area contributed by atoms with Gasteiger partial charge in [-0.05, 0) is 36.0 Å². The predicted molar refractivity (Wildman–Crippen MR) is 103 cm³/mol. The fraction of sp³-hybridized carbons (Fsp3) is 0.682. The van der Waals surface area contributed by atoms with Crippen LogP contribution in [0.3, 0.4) is 0 Å². The SMILES string of the molecule is CC(C)(C)CC(O)C(CCCC(F)(F)C(=O)c1ccccc1)C(C)(C)C. The van der Waals surface area contributed by atoms with Gasteiger partial charge in [0.05, 0.1) is 6.10 Å². The number of aliphatic hydroxyl groups excluding tert-OH is 1. The Morgan fingerprint density at radius 1 is 1.04 bits per heavy atom. The highest BCUT2D eigenvalue weighted by Crippen LogP contribution is 2.38. The maximum Gasteiger partial charge on any atom is 0.309 e. The van der Waals surface area contributed by atoms with E-state index in [4.69, 9.17) is 0 Å².